The summed E-state index contributed by atoms with van der Waals surface area (Å²) in [5, 5.41) is 11.9. The van der Waals surface area contributed by atoms with Gasteiger partial charge in [-0.3, -0.25) is 14.9 Å². The Morgan fingerprint density at radius 1 is 1.24 bits per heavy atom. The summed E-state index contributed by atoms with van der Waals surface area (Å²) in [6, 6.07) is 8.73. The van der Waals surface area contributed by atoms with Crippen molar-refractivity contribution >= 4 is 23.1 Å². The van der Waals surface area contributed by atoms with Gasteiger partial charge in [-0.15, -0.1) is 0 Å². The fourth-order valence-corrected chi connectivity index (χ4v) is 2.32. The number of ketones is 1. The van der Waals surface area contributed by atoms with Crippen molar-refractivity contribution in [2.24, 2.45) is 0 Å². The molecule has 0 aliphatic carbocycles. The summed E-state index contributed by atoms with van der Waals surface area (Å²) in [6.07, 6.45) is 0.606. The van der Waals surface area contributed by atoms with Gasteiger partial charge in [-0.05, 0) is 37.6 Å². The van der Waals surface area contributed by atoms with Crippen LogP contribution in [0.25, 0.3) is 0 Å². The average molecular weight is 364 g/mol. The third-order valence-electron chi connectivity index (χ3n) is 3.73. The number of rotatable bonds is 7. The molecule has 0 aromatic heterocycles. The van der Waals surface area contributed by atoms with E-state index in [1.54, 1.807) is 12.1 Å². The van der Waals surface area contributed by atoms with Gasteiger partial charge in [0.05, 0.1) is 24.2 Å². The van der Waals surface area contributed by atoms with E-state index in [1.165, 1.54) is 31.4 Å². The first kappa shape index (κ1) is 18.7. The number of methoxy groups -OCH3 is 1. The van der Waals surface area contributed by atoms with Crippen LogP contribution >= 0.6 is 11.6 Å². The summed E-state index contributed by atoms with van der Waals surface area (Å²) < 4.78 is 10.9. The maximum Gasteiger partial charge on any atom is 0.284 e. The Labute approximate surface area is 150 Å². The molecule has 0 fully saturated rings. The summed E-state index contributed by atoms with van der Waals surface area (Å²) >= 11 is 5.83. The normalized spacial score (nSPS) is 11.7. The number of hydrogen-bond donors (Lipinski definition) is 0. The molecule has 0 aliphatic heterocycles. The van der Waals surface area contributed by atoms with E-state index in [2.05, 4.69) is 0 Å². The van der Waals surface area contributed by atoms with Crippen molar-refractivity contribution < 1.29 is 19.2 Å². The van der Waals surface area contributed by atoms with E-state index in [4.69, 9.17) is 21.1 Å². The quantitative estimate of drug-likeness (QED) is 0.406. The Hall–Kier alpha value is -2.60. The molecule has 0 N–H and O–H groups in total. The number of ether oxygens (including phenoxy) is 2. The summed E-state index contributed by atoms with van der Waals surface area (Å²) in [5.41, 5.74) is -0.105. The zero-order chi connectivity index (χ0) is 18.6. The molecule has 0 aliphatic rings. The number of nitrogens with zero attached hydrogens (tertiary/aromatic N) is 1. The highest BCUT2D eigenvalue weighted by Gasteiger charge is 2.26. The van der Waals surface area contributed by atoms with Crippen LogP contribution in [0.5, 0.6) is 11.5 Å². The standard InChI is InChI=1S/C18H18ClNO5/c1-4-11(2)25-17-9-14(15(20(22)23)10-16(17)24-3)18(21)12-5-7-13(19)8-6-12/h5-11H,4H2,1-3H3. The predicted octanol–water partition coefficient (Wildman–Crippen LogP) is 4.67. The minimum Gasteiger partial charge on any atom is -0.493 e. The largest absolute Gasteiger partial charge is 0.493 e. The second-order valence-corrected chi connectivity index (χ2v) is 5.89. The summed E-state index contributed by atoms with van der Waals surface area (Å²) in [6.45, 7) is 3.81. The lowest BCUT2D eigenvalue weighted by molar-refractivity contribution is -0.385. The molecule has 0 amide bonds. The van der Waals surface area contributed by atoms with Crippen molar-refractivity contribution in [3.8, 4) is 11.5 Å². The molecule has 2 aromatic carbocycles. The van der Waals surface area contributed by atoms with E-state index in [0.717, 1.165) is 6.42 Å². The molecule has 2 aromatic rings. The lowest BCUT2D eigenvalue weighted by atomic mass is 10.0. The van der Waals surface area contributed by atoms with Crippen LogP contribution in [0, 0.1) is 10.1 Å². The molecule has 132 valence electrons. The second kappa shape index (κ2) is 7.98. The SMILES string of the molecule is CCC(C)Oc1cc(C(=O)c2ccc(Cl)cc2)c([N+](=O)[O-])cc1OC. The van der Waals surface area contributed by atoms with Gasteiger partial charge < -0.3 is 9.47 Å². The first-order valence-corrected chi connectivity index (χ1v) is 8.08. The lowest BCUT2D eigenvalue weighted by Crippen LogP contribution is -2.12. The van der Waals surface area contributed by atoms with Gasteiger partial charge >= 0.3 is 0 Å². The topological polar surface area (TPSA) is 78.7 Å². The zero-order valence-electron chi connectivity index (χ0n) is 14.1. The van der Waals surface area contributed by atoms with Gasteiger partial charge in [-0.1, -0.05) is 18.5 Å². The van der Waals surface area contributed by atoms with Crippen LogP contribution in [0.2, 0.25) is 5.02 Å². The van der Waals surface area contributed by atoms with Gasteiger partial charge in [0, 0.05) is 16.7 Å². The number of hydrogen-bond acceptors (Lipinski definition) is 5. The van der Waals surface area contributed by atoms with Crippen molar-refractivity contribution in [3.05, 3.63) is 62.7 Å². The van der Waals surface area contributed by atoms with Gasteiger partial charge in [0.1, 0.15) is 5.56 Å². The Bertz CT molecular complexity index is 789. The minimum atomic E-state index is -0.612. The summed E-state index contributed by atoms with van der Waals surface area (Å²) in [4.78, 5) is 23.5. The van der Waals surface area contributed by atoms with Crippen LogP contribution < -0.4 is 9.47 Å². The molecule has 1 unspecified atom stereocenters. The van der Waals surface area contributed by atoms with E-state index in [1.807, 2.05) is 13.8 Å². The second-order valence-electron chi connectivity index (χ2n) is 5.45. The van der Waals surface area contributed by atoms with Crippen molar-refractivity contribution in [1.29, 1.82) is 0 Å². The molecule has 25 heavy (non-hydrogen) atoms. The van der Waals surface area contributed by atoms with Gasteiger partial charge in [0.2, 0.25) is 0 Å². The van der Waals surface area contributed by atoms with E-state index >= 15 is 0 Å². The van der Waals surface area contributed by atoms with Gasteiger partial charge in [0.25, 0.3) is 5.69 Å². The fourth-order valence-electron chi connectivity index (χ4n) is 2.19. The number of nitro groups is 1. The van der Waals surface area contributed by atoms with E-state index in [9.17, 15) is 14.9 Å². The van der Waals surface area contributed by atoms with Crippen molar-refractivity contribution in [2.45, 2.75) is 26.4 Å². The fraction of sp³-hybridized carbons (Fsp3) is 0.278. The Morgan fingerprint density at radius 2 is 1.88 bits per heavy atom. The van der Waals surface area contributed by atoms with Crippen molar-refractivity contribution in [3.63, 3.8) is 0 Å². The Morgan fingerprint density at radius 3 is 2.40 bits per heavy atom. The van der Waals surface area contributed by atoms with Crippen molar-refractivity contribution in [1.82, 2.24) is 0 Å². The maximum absolute atomic E-state index is 12.7. The minimum absolute atomic E-state index is 0.0635. The first-order chi connectivity index (χ1) is 11.9. The van der Waals surface area contributed by atoms with E-state index in [-0.39, 0.29) is 23.1 Å². The number of halogens is 1. The van der Waals surface area contributed by atoms with E-state index in [0.29, 0.717) is 16.3 Å². The lowest BCUT2D eigenvalue weighted by Gasteiger charge is -2.16. The first-order valence-electron chi connectivity index (χ1n) is 7.70. The molecule has 0 spiro atoms. The summed E-state index contributed by atoms with van der Waals surface area (Å²) in [5.74, 6) is 0.0134. The molecule has 0 radical (unpaired) electrons. The highest BCUT2D eigenvalue weighted by Crippen LogP contribution is 2.36. The Kier molecular flexibility index (Phi) is 5.98. The Balaban J connectivity index is 2.57. The van der Waals surface area contributed by atoms with Crippen LogP contribution in [0.1, 0.15) is 36.2 Å². The zero-order valence-corrected chi connectivity index (χ0v) is 14.9. The van der Waals surface area contributed by atoms with Crippen LogP contribution in [-0.2, 0) is 0 Å². The number of benzene rings is 2. The monoisotopic (exact) mass is 363 g/mol. The molecule has 2 rings (SSSR count). The number of nitro benzene ring substituents is 1. The van der Waals surface area contributed by atoms with Crippen LogP contribution in [0.4, 0.5) is 5.69 Å². The van der Waals surface area contributed by atoms with Crippen molar-refractivity contribution in [2.75, 3.05) is 7.11 Å². The number of carbonyl (C=O) groups excluding carboxylic acids is 1. The molecular formula is C18H18ClNO5. The molecule has 6 nitrogen and oxygen atoms in total. The third-order valence-corrected chi connectivity index (χ3v) is 3.98. The molecule has 0 saturated heterocycles. The molecule has 0 bridgehead atoms. The van der Waals surface area contributed by atoms with Gasteiger partial charge in [0.15, 0.2) is 17.3 Å². The molecule has 0 saturated carbocycles. The number of carbonyl (C=O) groups is 1. The third kappa shape index (κ3) is 4.28. The molecule has 1 atom stereocenters. The van der Waals surface area contributed by atoms with Crippen LogP contribution in [-0.4, -0.2) is 23.9 Å². The molecule has 7 heteroatoms. The van der Waals surface area contributed by atoms with Crippen LogP contribution in [0.3, 0.4) is 0 Å². The maximum atomic E-state index is 12.7. The summed E-state index contributed by atoms with van der Waals surface area (Å²) in [7, 11) is 1.39. The van der Waals surface area contributed by atoms with Crippen LogP contribution in [0.15, 0.2) is 36.4 Å². The smallest absolute Gasteiger partial charge is 0.284 e. The van der Waals surface area contributed by atoms with Gasteiger partial charge in [-0.2, -0.15) is 0 Å². The molecule has 0 heterocycles. The van der Waals surface area contributed by atoms with E-state index < -0.39 is 10.7 Å². The highest BCUT2D eigenvalue weighted by atomic mass is 35.5. The average Bonchev–Trinajstić information content (AvgIpc) is 2.61. The highest BCUT2D eigenvalue weighted by molar-refractivity contribution is 6.30. The molecular weight excluding hydrogens is 346 g/mol. The van der Waals surface area contributed by atoms with Gasteiger partial charge in [-0.25, -0.2) is 0 Å². The predicted molar refractivity (Wildman–Crippen MR) is 94.9 cm³/mol.